The molecule has 0 amide bonds. The SMILES string of the molecule is CCC(C)C=C(CCl)C1CCCCC1. The zero-order chi connectivity index (χ0) is 10.4. The first-order chi connectivity index (χ1) is 6.77. The summed E-state index contributed by atoms with van der Waals surface area (Å²) in [5, 5.41) is 0. The number of allylic oxidation sites excluding steroid dienone is 2. The average molecular weight is 215 g/mol. The Kier molecular flexibility index (Phi) is 5.62. The minimum absolute atomic E-state index is 0.700. The molecule has 0 spiro atoms. The van der Waals surface area contributed by atoms with Crippen molar-refractivity contribution in [3.05, 3.63) is 11.6 Å². The molecule has 0 radical (unpaired) electrons. The van der Waals surface area contributed by atoms with Gasteiger partial charge < -0.3 is 0 Å². The molecule has 14 heavy (non-hydrogen) atoms. The summed E-state index contributed by atoms with van der Waals surface area (Å²) >= 11 is 6.03. The van der Waals surface area contributed by atoms with Crippen LogP contribution in [0.5, 0.6) is 0 Å². The molecule has 1 saturated carbocycles. The summed E-state index contributed by atoms with van der Waals surface area (Å²) in [6, 6.07) is 0. The summed E-state index contributed by atoms with van der Waals surface area (Å²) in [4.78, 5) is 0. The van der Waals surface area contributed by atoms with Crippen LogP contribution < -0.4 is 0 Å². The second-order valence-corrected chi connectivity index (χ2v) is 4.86. The molecule has 0 N–H and O–H groups in total. The van der Waals surface area contributed by atoms with E-state index >= 15 is 0 Å². The highest BCUT2D eigenvalue weighted by molar-refractivity contribution is 6.19. The topological polar surface area (TPSA) is 0 Å². The van der Waals surface area contributed by atoms with E-state index in [2.05, 4.69) is 19.9 Å². The zero-order valence-corrected chi connectivity index (χ0v) is 10.3. The van der Waals surface area contributed by atoms with Gasteiger partial charge in [0.15, 0.2) is 0 Å². The van der Waals surface area contributed by atoms with Crippen LogP contribution in [0.15, 0.2) is 11.6 Å². The average Bonchev–Trinajstić information content (AvgIpc) is 2.26. The first-order valence-corrected chi connectivity index (χ1v) is 6.58. The summed E-state index contributed by atoms with van der Waals surface area (Å²) in [6.07, 6.45) is 10.6. The van der Waals surface area contributed by atoms with Crippen molar-refractivity contribution in [2.24, 2.45) is 11.8 Å². The van der Waals surface area contributed by atoms with Gasteiger partial charge in [0.25, 0.3) is 0 Å². The summed E-state index contributed by atoms with van der Waals surface area (Å²) < 4.78 is 0. The maximum absolute atomic E-state index is 6.03. The molecule has 0 heterocycles. The van der Waals surface area contributed by atoms with Gasteiger partial charge in [0.2, 0.25) is 0 Å². The van der Waals surface area contributed by atoms with Crippen molar-refractivity contribution in [2.45, 2.75) is 52.4 Å². The molecule has 0 nitrogen and oxygen atoms in total. The van der Waals surface area contributed by atoms with E-state index in [0.717, 1.165) is 11.8 Å². The van der Waals surface area contributed by atoms with Gasteiger partial charge in [-0.15, -0.1) is 11.6 Å². The van der Waals surface area contributed by atoms with Crippen LogP contribution in [0.1, 0.15) is 52.4 Å². The van der Waals surface area contributed by atoms with Crippen molar-refractivity contribution in [1.29, 1.82) is 0 Å². The summed E-state index contributed by atoms with van der Waals surface area (Å²) in [5.41, 5.74) is 1.51. The standard InChI is InChI=1S/C13H23Cl/c1-3-11(2)9-13(10-14)12-7-5-4-6-8-12/h9,11-12H,3-8,10H2,1-2H3. The summed E-state index contributed by atoms with van der Waals surface area (Å²) in [5.74, 6) is 2.25. The van der Waals surface area contributed by atoms with Crippen molar-refractivity contribution in [3.8, 4) is 0 Å². The summed E-state index contributed by atoms with van der Waals surface area (Å²) in [7, 11) is 0. The molecule has 1 atom stereocenters. The Labute approximate surface area is 93.7 Å². The van der Waals surface area contributed by atoms with E-state index in [-0.39, 0.29) is 0 Å². The van der Waals surface area contributed by atoms with Crippen LogP contribution in [0.25, 0.3) is 0 Å². The van der Waals surface area contributed by atoms with E-state index < -0.39 is 0 Å². The minimum atomic E-state index is 0.700. The molecular formula is C13H23Cl. The molecule has 1 unspecified atom stereocenters. The third-order valence-corrected chi connectivity index (χ3v) is 3.74. The highest BCUT2D eigenvalue weighted by Gasteiger charge is 2.17. The number of hydrogen-bond acceptors (Lipinski definition) is 0. The fraction of sp³-hybridized carbons (Fsp3) is 0.846. The third-order valence-electron chi connectivity index (χ3n) is 3.43. The Morgan fingerprint density at radius 3 is 2.50 bits per heavy atom. The quantitative estimate of drug-likeness (QED) is 0.467. The van der Waals surface area contributed by atoms with Gasteiger partial charge in [-0.25, -0.2) is 0 Å². The van der Waals surface area contributed by atoms with Crippen LogP contribution in [0, 0.1) is 11.8 Å². The smallest absolute Gasteiger partial charge is 0.0436 e. The van der Waals surface area contributed by atoms with Crippen LogP contribution in [-0.4, -0.2) is 5.88 Å². The predicted octanol–water partition coefficient (Wildman–Crippen LogP) is 4.78. The van der Waals surface area contributed by atoms with Crippen molar-refractivity contribution in [3.63, 3.8) is 0 Å². The van der Waals surface area contributed by atoms with Crippen LogP contribution in [0.4, 0.5) is 0 Å². The molecule has 0 aromatic carbocycles. The van der Waals surface area contributed by atoms with Gasteiger partial charge in [0, 0.05) is 5.88 Å². The van der Waals surface area contributed by atoms with Gasteiger partial charge >= 0.3 is 0 Å². The Balaban J connectivity index is 2.54. The number of alkyl halides is 1. The van der Waals surface area contributed by atoms with E-state index in [4.69, 9.17) is 11.6 Å². The molecule has 1 rings (SSSR count). The molecular weight excluding hydrogens is 192 g/mol. The lowest BCUT2D eigenvalue weighted by atomic mass is 9.83. The maximum Gasteiger partial charge on any atom is 0.0436 e. The van der Waals surface area contributed by atoms with E-state index in [1.54, 1.807) is 0 Å². The van der Waals surface area contributed by atoms with Gasteiger partial charge in [-0.2, -0.15) is 0 Å². The van der Waals surface area contributed by atoms with E-state index in [1.807, 2.05) is 0 Å². The zero-order valence-electron chi connectivity index (χ0n) is 9.56. The molecule has 1 heteroatoms. The van der Waals surface area contributed by atoms with Crippen LogP contribution >= 0.6 is 11.6 Å². The van der Waals surface area contributed by atoms with Gasteiger partial charge in [0.05, 0.1) is 0 Å². The fourth-order valence-electron chi connectivity index (χ4n) is 2.25. The van der Waals surface area contributed by atoms with Gasteiger partial charge in [0.1, 0.15) is 0 Å². The molecule has 0 bridgehead atoms. The molecule has 0 saturated heterocycles. The van der Waals surface area contributed by atoms with Gasteiger partial charge in [-0.3, -0.25) is 0 Å². The maximum atomic E-state index is 6.03. The molecule has 0 aromatic heterocycles. The predicted molar refractivity (Wildman–Crippen MR) is 64.8 cm³/mol. The fourth-order valence-corrected chi connectivity index (χ4v) is 2.55. The number of hydrogen-bond donors (Lipinski definition) is 0. The van der Waals surface area contributed by atoms with E-state index in [9.17, 15) is 0 Å². The number of halogens is 1. The van der Waals surface area contributed by atoms with E-state index in [0.29, 0.717) is 5.92 Å². The Bertz CT molecular complexity index is 178. The largest absolute Gasteiger partial charge is 0.122 e. The Morgan fingerprint density at radius 1 is 1.36 bits per heavy atom. The second-order valence-electron chi connectivity index (χ2n) is 4.60. The summed E-state index contributed by atoms with van der Waals surface area (Å²) in [6.45, 7) is 4.53. The molecule has 82 valence electrons. The van der Waals surface area contributed by atoms with Crippen molar-refractivity contribution >= 4 is 11.6 Å². The highest BCUT2D eigenvalue weighted by atomic mass is 35.5. The first kappa shape index (κ1) is 12.1. The second kappa shape index (κ2) is 6.50. The lowest BCUT2D eigenvalue weighted by Gasteiger charge is -2.24. The van der Waals surface area contributed by atoms with E-state index in [1.165, 1.54) is 44.1 Å². The van der Waals surface area contributed by atoms with Crippen LogP contribution in [0.3, 0.4) is 0 Å². The van der Waals surface area contributed by atoms with Crippen LogP contribution in [0.2, 0.25) is 0 Å². The molecule has 1 aliphatic rings. The normalized spacial score (nSPS) is 22.4. The van der Waals surface area contributed by atoms with Crippen molar-refractivity contribution in [1.82, 2.24) is 0 Å². The molecule has 1 aliphatic carbocycles. The first-order valence-electron chi connectivity index (χ1n) is 6.04. The minimum Gasteiger partial charge on any atom is -0.122 e. The Morgan fingerprint density at radius 2 is 2.00 bits per heavy atom. The van der Waals surface area contributed by atoms with Gasteiger partial charge in [-0.05, 0) is 24.7 Å². The number of rotatable bonds is 4. The molecule has 0 aliphatic heterocycles. The van der Waals surface area contributed by atoms with Gasteiger partial charge in [-0.1, -0.05) is 51.2 Å². The van der Waals surface area contributed by atoms with Crippen molar-refractivity contribution < 1.29 is 0 Å². The Hall–Kier alpha value is 0.0300. The highest BCUT2D eigenvalue weighted by Crippen LogP contribution is 2.31. The van der Waals surface area contributed by atoms with Crippen LogP contribution in [-0.2, 0) is 0 Å². The lowest BCUT2D eigenvalue weighted by Crippen LogP contribution is -2.11. The third kappa shape index (κ3) is 3.65. The lowest BCUT2D eigenvalue weighted by molar-refractivity contribution is 0.401. The molecule has 0 aromatic rings. The van der Waals surface area contributed by atoms with Crippen molar-refractivity contribution in [2.75, 3.05) is 5.88 Å². The monoisotopic (exact) mass is 214 g/mol. The molecule has 1 fully saturated rings.